The molecule has 1 saturated carbocycles. The first kappa shape index (κ1) is 16.7. The molecule has 26 heavy (non-hydrogen) atoms. The van der Waals surface area contributed by atoms with Crippen LogP contribution in [0.3, 0.4) is 0 Å². The Morgan fingerprint density at radius 1 is 1.08 bits per heavy atom. The first-order valence-corrected chi connectivity index (χ1v) is 7.97. The van der Waals surface area contributed by atoms with Crippen molar-refractivity contribution in [3.05, 3.63) is 42.2 Å². The Balaban J connectivity index is 1.57. The average molecular weight is 366 g/mol. The van der Waals surface area contributed by atoms with Crippen LogP contribution in [-0.4, -0.2) is 31.8 Å². The smallest absolute Gasteiger partial charge is 0.305 e. The molecule has 2 heterocycles. The van der Waals surface area contributed by atoms with Crippen LogP contribution >= 0.6 is 0 Å². The van der Waals surface area contributed by atoms with Crippen LogP contribution in [0.5, 0.6) is 5.75 Å². The van der Waals surface area contributed by atoms with Gasteiger partial charge in [-0.05, 0) is 36.4 Å². The van der Waals surface area contributed by atoms with E-state index in [1.54, 1.807) is 36.4 Å². The van der Waals surface area contributed by atoms with Crippen molar-refractivity contribution in [3.8, 4) is 17.0 Å². The second-order valence-electron chi connectivity index (χ2n) is 6.43. The van der Waals surface area contributed by atoms with Crippen molar-refractivity contribution in [1.29, 1.82) is 0 Å². The molecule has 4 rings (SSSR count). The molecule has 0 spiro atoms. The molecule has 0 unspecified atom stereocenters. The van der Waals surface area contributed by atoms with Crippen LogP contribution in [0, 0.1) is 0 Å². The van der Waals surface area contributed by atoms with Crippen LogP contribution in [0.4, 0.5) is 17.6 Å². The normalized spacial score (nSPS) is 17.3. The van der Waals surface area contributed by atoms with Gasteiger partial charge in [-0.2, -0.15) is 18.4 Å². The van der Waals surface area contributed by atoms with Crippen LogP contribution in [0.2, 0.25) is 0 Å². The molecule has 1 aliphatic carbocycles. The van der Waals surface area contributed by atoms with Gasteiger partial charge in [0, 0.05) is 25.3 Å². The summed E-state index contributed by atoms with van der Waals surface area (Å²) in [5.74, 6) is -5.88. The predicted octanol–water partition coefficient (Wildman–Crippen LogP) is 4.08. The van der Waals surface area contributed by atoms with Gasteiger partial charge in [0.2, 0.25) is 5.82 Å². The first-order chi connectivity index (χ1) is 12.2. The molecule has 0 atom stereocenters. The van der Waals surface area contributed by atoms with Gasteiger partial charge in [0.15, 0.2) is 5.65 Å². The summed E-state index contributed by atoms with van der Waals surface area (Å²) in [7, 11) is 0. The van der Waals surface area contributed by atoms with Gasteiger partial charge in [0.05, 0.1) is 5.69 Å². The molecular weight excluding hydrogens is 352 g/mol. The van der Waals surface area contributed by atoms with Crippen molar-refractivity contribution in [3.63, 3.8) is 0 Å². The van der Waals surface area contributed by atoms with E-state index >= 15 is 0 Å². The fraction of sp³-hybridized carbons (Fsp3) is 0.353. The van der Waals surface area contributed by atoms with Crippen molar-refractivity contribution in [2.24, 2.45) is 0 Å². The minimum absolute atomic E-state index is 0.219. The largest absolute Gasteiger partial charge is 0.490 e. The zero-order chi connectivity index (χ0) is 18.5. The van der Waals surface area contributed by atoms with Crippen molar-refractivity contribution in [2.45, 2.75) is 37.7 Å². The molecule has 9 heteroatoms. The van der Waals surface area contributed by atoms with Crippen LogP contribution < -0.4 is 4.74 Å². The van der Waals surface area contributed by atoms with Crippen LogP contribution in [0.15, 0.2) is 36.4 Å². The number of alkyl halides is 4. The second kappa shape index (κ2) is 5.65. The Kier molecular flexibility index (Phi) is 3.64. The van der Waals surface area contributed by atoms with Crippen molar-refractivity contribution in [2.75, 3.05) is 0 Å². The Labute approximate surface area is 145 Å². The number of hydrogen-bond acceptors (Lipinski definition) is 4. The van der Waals surface area contributed by atoms with Gasteiger partial charge in [-0.25, -0.2) is 8.78 Å². The Hall–Kier alpha value is -2.71. The van der Waals surface area contributed by atoms with E-state index in [2.05, 4.69) is 15.3 Å². The fourth-order valence-corrected chi connectivity index (χ4v) is 2.80. The number of halogens is 4. The van der Waals surface area contributed by atoms with Gasteiger partial charge < -0.3 is 4.74 Å². The number of aromatic nitrogens is 4. The molecule has 0 N–H and O–H groups in total. The highest BCUT2D eigenvalue weighted by Crippen LogP contribution is 2.39. The van der Waals surface area contributed by atoms with E-state index in [1.165, 1.54) is 0 Å². The third-order valence-electron chi connectivity index (χ3n) is 4.16. The Bertz CT molecular complexity index is 942. The SMILES string of the molecule is CC(F)(F)c1nnc2ccc(-c3ccc(OC4CC(F)(F)C4)cc3)nn12. The summed E-state index contributed by atoms with van der Waals surface area (Å²) < 4.78 is 59.3. The van der Waals surface area contributed by atoms with Crippen molar-refractivity contribution < 1.29 is 22.3 Å². The summed E-state index contributed by atoms with van der Waals surface area (Å²) >= 11 is 0. The first-order valence-electron chi connectivity index (χ1n) is 7.97. The molecule has 3 aromatic rings. The topological polar surface area (TPSA) is 52.3 Å². The maximum Gasteiger partial charge on any atom is 0.305 e. The van der Waals surface area contributed by atoms with Crippen LogP contribution in [0.1, 0.15) is 25.6 Å². The van der Waals surface area contributed by atoms with Crippen LogP contribution in [0.25, 0.3) is 16.9 Å². The lowest BCUT2D eigenvalue weighted by atomic mass is 9.91. The van der Waals surface area contributed by atoms with Crippen LogP contribution in [-0.2, 0) is 5.92 Å². The van der Waals surface area contributed by atoms with Gasteiger partial charge in [0.1, 0.15) is 11.9 Å². The third-order valence-corrected chi connectivity index (χ3v) is 4.16. The minimum atomic E-state index is -3.17. The molecule has 0 aliphatic heterocycles. The quantitative estimate of drug-likeness (QED) is 0.653. The summed E-state index contributed by atoms with van der Waals surface area (Å²) in [6.07, 6.45) is -1.06. The van der Waals surface area contributed by atoms with Gasteiger partial charge in [-0.3, -0.25) is 0 Å². The maximum absolute atomic E-state index is 13.6. The monoisotopic (exact) mass is 366 g/mol. The van der Waals surface area contributed by atoms with E-state index < -0.39 is 23.8 Å². The van der Waals surface area contributed by atoms with Gasteiger partial charge >= 0.3 is 5.92 Å². The molecule has 0 saturated heterocycles. The highest BCUT2D eigenvalue weighted by Gasteiger charge is 2.46. The minimum Gasteiger partial charge on any atom is -0.490 e. The molecule has 0 radical (unpaired) electrons. The second-order valence-corrected chi connectivity index (χ2v) is 6.43. The van der Waals surface area contributed by atoms with E-state index in [4.69, 9.17) is 4.74 Å². The number of benzene rings is 1. The van der Waals surface area contributed by atoms with Crippen molar-refractivity contribution >= 4 is 5.65 Å². The molecule has 0 amide bonds. The summed E-state index contributed by atoms with van der Waals surface area (Å²) in [6.45, 7) is 0.730. The maximum atomic E-state index is 13.6. The van der Waals surface area contributed by atoms with E-state index in [0.29, 0.717) is 17.0 Å². The summed E-state index contributed by atoms with van der Waals surface area (Å²) in [5.41, 5.74) is 1.33. The molecule has 1 aromatic carbocycles. The van der Waals surface area contributed by atoms with Gasteiger partial charge in [-0.1, -0.05) is 0 Å². The number of rotatable bonds is 4. The molecule has 1 fully saturated rings. The third kappa shape index (κ3) is 3.09. The lowest BCUT2D eigenvalue weighted by Gasteiger charge is -2.34. The standard InChI is InChI=1S/C17H14F4N4O/c1-16(18,19)15-23-22-14-7-6-13(24-25(14)15)10-2-4-11(5-3-10)26-12-8-17(20,21)9-12/h2-7,12H,8-9H2,1H3. The Morgan fingerprint density at radius 3 is 2.38 bits per heavy atom. The lowest BCUT2D eigenvalue weighted by molar-refractivity contribution is -0.134. The average Bonchev–Trinajstić information content (AvgIpc) is 2.97. The number of nitrogens with zero attached hydrogens (tertiary/aromatic N) is 4. The highest BCUT2D eigenvalue weighted by atomic mass is 19.3. The van der Waals surface area contributed by atoms with Crippen molar-refractivity contribution in [1.82, 2.24) is 19.8 Å². The zero-order valence-electron chi connectivity index (χ0n) is 13.7. The molecule has 5 nitrogen and oxygen atoms in total. The Morgan fingerprint density at radius 2 is 1.77 bits per heavy atom. The molecular formula is C17H14F4N4O. The number of hydrogen-bond donors (Lipinski definition) is 0. The van der Waals surface area contributed by atoms with E-state index in [0.717, 1.165) is 11.4 Å². The number of fused-ring (bicyclic) bond motifs is 1. The molecule has 2 aromatic heterocycles. The summed E-state index contributed by atoms with van der Waals surface area (Å²) in [6, 6.07) is 9.84. The van der Waals surface area contributed by atoms with Gasteiger partial charge in [0.25, 0.3) is 5.92 Å². The van der Waals surface area contributed by atoms with E-state index in [-0.39, 0.29) is 18.5 Å². The van der Waals surface area contributed by atoms with E-state index in [1.807, 2.05) is 0 Å². The molecule has 1 aliphatic rings. The summed E-state index contributed by atoms with van der Waals surface area (Å²) in [4.78, 5) is 0. The van der Waals surface area contributed by atoms with Gasteiger partial charge in [-0.15, -0.1) is 10.2 Å². The summed E-state index contributed by atoms with van der Waals surface area (Å²) in [5, 5.41) is 11.4. The molecule has 136 valence electrons. The zero-order valence-corrected chi connectivity index (χ0v) is 13.7. The predicted molar refractivity (Wildman–Crippen MR) is 84.4 cm³/mol. The highest BCUT2D eigenvalue weighted by molar-refractivity contribution is 5.61. The number of ether oxygens (including phenoxy) is 1. The fourth-order valence-electron chi connectivity index (χ4n) is 2.80. The van der Waals surface area contributed by atoms with E-state index in [9.17, 15) is 17.6 Å². The molecule has 0 bridgehead atoms. The lowest BCUT2D eigenvalue weighted by Crippen LogP contribution is -2.43.